The highest BCUT2D eigenvalue weighted by molar-refractivity contribution is 9.10. The molecule has 0 saturated heterocycles. The number of nitrogens with zero attached hydrogens (tertiary/aromatic N) is 2. The number of thiophene rings is 1. The van der Waals surface area contributed by atoms with Gasteiger partial charge in [-0.15, -0.1) is 0 Å². The van der Waals surface area contributed by atoms with Crippen LogP contribution in [-0.2, 0) is 6.54 Å². The second-order valence-corrected chi connectivity index (χ2v) is 4.67. The van der Waals surface area contributed by atoms with E-state index in [2.05, 4.69) is 42.7 Å². The average molecular weight is 300 g/mol. The maximum absolute atomic E-state index is 5.09. The van der Waals surface area contributed by atoms with Gasteiger partial charge in [0.1, 0.15) is 0 Å². The zero-order chi connectivity index (χ0) is 11.4. The molecular weight excluding hydrogens is 290 g/mol. The molecule has 0 aliphatic rings. The fraction of sp³-hybridized carbons (Fsp3) is 0.200. The van der Waals surface area contributed by atoms with Crippen LogP contribution in [-0.4, -0.2) is 17.1 Å². The van der Waals surface area contributed by atoms with E-state index in [1.54, 1.807) is 24.6 Å². The van der Waals surface area contributed by atoms with Gasteiger partial charge in [-0.3, -0.25) is 0 Å². The SMILES string of the molecule is COc1nc(NCc2ccsc2)ncc1Br. The highest BCUT2D eigenvalue weighted by Gasteiger charge is 2.04. The molecule has 0 amide bonds. The third-order valence-electron chi connectivity index (χ3n) is 1.94. The minimum absolute atomic E-state index is 0.530. The van der Waals surface area contributed by atoms with Gasteiger partial charge in [0, 0.05) is 6.54 Å². The van der Waals surface area contributed by atoms with Crippen LogP contribution < -0.4 is 10.1 Å². The van der Waals surface area contributed by atoms with Crippen molar-refractivity contribution in [3.05, 3.63) is 33.1 Å². The first-order valence-corrected chi connectivity index (χ1v) is 6.34. The summed E-state index contributed by atoms with van der Waals surface area (Å²) in [5.41, 5.74) is 1.22. The van der Waals surface area contributed by atoms with Crippen molar-refractivity contribution in [2.24, 2.45) is 0 Å². The van der Waals surface area contributed by atoms with Gasteiger partial charge in [0.25, 0.3) is 0 Å². The summed E-state index contributed by atoms with van der Waals surface area (Å²) in [7, 11) is 1.58. The number of ether oxygens (including phenoxy) is 1. The molecule has 0 spiro atoms. The van der Waals surface area contributed by atoms with Crippen molar-refractivity contribution < 1.29 is 4.74 Å². The van der Waals surface area contributed by atoms with Crippen LogP contribution in [0, 0.1) is 0 Å². The predicted octanol–water partition coefficient (Wildman–Crippen LogP) is 2.92. The third-order valence-corrected chi connectivity index (χ3v) is 3.21. The molecule has 0 aromatic carbocycles. The lowest BCUT2D eigenvalue weighted by atomic mass is 10.3. The molecule has 2 aromatic rings. The molecule has 0 aliphatic carbocycles. The van der Waals surface area contributed by atoms with Gasteiger partial charge < -0.3 is 10.1 Å². The van der Waals surface area contributed by atoms with E-state index in [4.69, 9.17) is 4.74 Å². The minimum Gasteiger partial charge on any atom is -0.480 e. The van der Waals surface area contributed by atoms with E-state index in [9.17, 15) is 0 Å². The molecule has 0 bridgehead atoms. The van der Waals surface area contributed by atoms with Crippen LogP contribution in [0.3, 0.4) is 0 Å². The Hall–Kier alpha value is -1.14. The molecule has 0 saturated carbocycles. The summed E-state index contributed by atoms with van der Waals surface area (Å²) in [6.45, 7) is 0.717. The van der Waals surface area contributed by atoms with E-state index < -0.39 is 0 Å². The molecule has 2 rings (SSSR count). The number of halogens is 1. The van der Waals surface area contributed by atoms with Gasteiger partial charge in [-0.2, -0.15) is 16.3 Å². The van der Waals surface area contributed by atoms with Gasteiger partial charge in [-0.05, 0) is 38.3 Å². The van der Waals surface area contributed by atoms with Crippen molar-refractivity contribution >= 4 is 33.2 Å². The van der Waals surface area contributed by atoms with E-state index in [0.29, 0.717) is 18.4 Å². The average Bonchev–Trinajstić information content (AvgIpc) is 2.81. The fourth-order valence-electron chi connectivity index (χ4n) is 1.15. The van der Waals surface area contributed by atoms with E-state index in [1.165, 1.54) is 5.56 Å². The summed E-state index contributed by atoms with van der Waals surface area (Å²) >= 11 is 4.98. The van der Waals surface area contributed by atoms with Crippen molar-refractivity contribution in [3.8, 4) is 5.88 Å². The van der Waals surface area contributed by atoms with Gasteiger partial charge in [-0.25, -0.2) is 4.98 Å². The van der Waals surface area contributed by atoms with Crippen LogP contribution in [0.4, 0.5) is 5.95 Å². The Morgan fingerprint density at radius 2 is 2.44 bits per heavy atom. The van der Waals surface area contributed by atoms with Crippen LogP contribution in [0.5, 0.6) is 5.88 Å². The number of rotatable bonds is 4. The smallest absolute Gasteiger partial charge is 0.232 e. The topological polar surface area (TPSA) is 47.0 Å². The van der Waals surface area contributed by atoms with Crippen LogP contribution in [0.25, 0.3) is 0 Å². The van der Waals surface area contributed by atoms with Gasteiger partial charge >= 0.3 is 0 Å². The van der Waals surface area contributed by atoms with Gasteiger partial charge in [0.05, 0.1) is 17.8 Å². The van der Waals surface area contributed by atoms with Crippen LogP contribution >= 0.6 is 27.3 Å². The van der Waals surface area contributed by atoms with Gasteiger partial charge in [-0.1, -0.05) is 0 Å². The summed E-state index contributed by atoms with van der Waals surface area (Å²) in [5.74, 6) is 1.09. The normalized spacial score (nSPS) is 10.1. The van der Waals surface area contributed by atoms with E-state index in [-0.39, 0.29) is 0 Å². The first kappa shape index (κ1) is 11.3. The van der Waals surface area contributed by atoms with Crippen LogP contribution in [0.15, 0.2) is 27.5 Å². The molecule has 6 heteroatoms. The summed E-state index contributed by atoms with van der Waals surface area (Å²) < 4.78 is 5.83. The molecule has 0 atom stereocenters. The molecule has 1 N–H and O–H groups in total. The molecule has 0 unspecified atom stereocenters. The Balaban J connectivity index is 2.04. The predicted molar refractivity (Wildman–Crippen MR) is 67.9 cm³/mol. The van der Waals surface area contributed by atoms with Crippen molar-refractivity contribution in [2.45, 2.75) is 6.54 Å². The van der Waals surface area contributed by atoms with Crippen LogP contribution in [0.1, 0.15) is 5.56 Å². The number of nitrogens with one attached hydrogen (secondary N) is 1. The van der Waals surface area contributed by atoms with E-state index in [0.717, 1.165) is 4.47 Å². The lowest BCUT2D eigenvalue weighted by Crippen LogP contribution is -2.03. The number of methoxy groups -OCH3 is 1. The maximum atomic E-state index is 5.09. The van der Waals surface area contributed by atoms with Crippen molar-refractivity contribution in [2.75, 3.05) is 12.4 Å². The lowest BCUT2D eigenvalue weighted by molar-refractivity contribution is 0.394. The fourth-order valence-corrected chi connectivity index (χ4v) is 2.18. The standard InChI is InChI=1S/C10H10BrN3OS/c1-15-9-8(11)5-13-10(14-9)12-4-7-2-3-16-6-7/h2-3,5-6H,4H2,1H3,(H,12,13,14). The lowest BCUT2D eigenvalue weighted by Gasteiger charge is -2.06. The summed E-state index contributed by atoms with van der Waals surface area (Å²) in [4.78, 5) is 8.34. The minimum atomic E-state index is 0.530. The Morgan fingerprint density at radius 3 is 3.12 bits per heavy atom. The Kier molecular flexibility index (Phi) is 3.74. The molecule has 16 heavy (non-hydrogen) atoms. The van der Waals surface area contributed by atoms with Crippen LogP contribution in [0.2, 0.25) is 0 Å². The Morgan fingerprint density at radius 1 is 1.56 bits per heavy atom. The van der Waals surface area contributed by atoms with E-state index in [1.807, 2.05) is 5.38 Å². The monoisotopic (exact) mass is 299 g/mol. The van der Waals surface area contributed by atoms with E-state index >= 15 is 0 Å². The molecule has 0 fully saturated rings. The first-order chi connectivity index (χ1) is 7.79. The molecule has 0 aliphatic heterocycles. The molecule has 2 heterocycles. The second kappa shape index (κ2) is 5.27. The van der Waals surface area contributed by atoms with Gasteiger partial charge in [0.15, 0.2) is 0 Å². The molecule has 2 aromatic heterocycles. The highest BCUT2D eigenvalue weighted by atomic mass is 79.9. The van der Waals surface area contributed by atoms with Crippen molar-refractivity contribution in [3.63, 3.8) is 0 Å². The Labute approximate surface area is 106 Å². The summed E-state index contributed by atoms with van der Waals surface area (Å²) in [6.07, 6.45) is 1.67. The van der Waals surface area contributed by atoms with Gasteiger partial charge in [0.2, 0.25) is 11.8 Å². The first-order valence-electron chi connectivity index (χ1n) is 4.61. The molecular formula is C10H10BrN3OS. The maximum Gasteiger partial charge on any atom is 0.232 e. The number of aromatic nitrogens is 2. The molecule has 0 radical (unpaired) electrons. The number of hydrogen-bond donors (Lipinski definition) is 1. The molecule has 84 valence electrons. The second-order valence-electron chi connectivity index (χ2n) is 3.04. The zero-order valence-electron chi connectivity index (χ0n) is 8.61. The zero-order valence-corrected chi connectivity index (χ0v) is 11.0. The summed E-state index contributed by atoms with van der Waals surface area (Å²) in [6, 6.07) is 2.06. The quantitative estimate of drug-likeness (QED) is 0.943. The Bertz CT molecular complexity index is 461. The third kappa shape index (κ3) is 2.70. The molecule has 4 nitrogen and oxygen atoms in total. The number of anilines is 1. The van der Waals surface area contributed by atoms with Crippen molar-refractivity contribution in [1.29, 1.82) is 0 Å². The summed E-state index contributed by atoms with van der Waals surface area (Å²) in [5, 5.41) is 7.26. The van der Waals surface area contributed by atoms with Crippen molar-refractivity contribution in [1.82, 2.24) is 9.97 Å². The number of hydrogen-bond acceptors (Lipinski definition) is 5. The highest BCUT2D eigenvalue weighted by Crippen LogP contribution is 2.22. The largest absolute Gasteiger partial charge is 0.480 e.